The molecule has 7 nitrogen and oxygen atoms in total. The molecule has 1 amide bonds. The number of benzene rings is 2. The zero-order valence-electron chi connectivity index (χ0n) is 21.1. The van der Waals surface area contributed by atoms with Gasteiger partial charge in [-0.15, -0.1) is 11.3 Å². The predicted octanol–water partition coefficient (Wildman–Crippen LogP) is 4.75. The van der Waals surface area contributed by atoms with Crippen LogP contribution in [0.3, 0.4) is 0 Å². The van der Waals surface area contributed by atoms with Crippen LogP contribution in [0.2, 0.25) is 0 Å². The molecular weight excluding hydrogens is 515 g/mol. The first-order chi connectivity index (χ1) is 17.7. The molecule has 0 fully saturated rings. The normalized spacial score (nSPS) is 15.6. The topological polar surface area (TPSA) is 76.2 Å². The molecule has 0 radical (unpaired) electrons. The summed E-state index contributed by atoms with van der Waals surface area (Å²) in [5.74, 6) is 0.421. The van der Waals surface area contributed by atoms with Crippen LogP contribution >= 0.6 is 11.3 Å². The number of amides is 1. The van der Waals surface area contributed by atoms with E-state index in [-0.39, 0.29) is 48.3 Å². The molecule has 0 saturated carbocycles. The number of ether oxygens (including phenoxy) is 2. The Morgan fingerprint density at radius 1 is 1.11 bits per heavy atom. The summed E-state index contributed by atoms with van der Waals surface area (Å²) >= 11 is 1.63. The van der Waals surface area contributed by atoms with Gasteiger partial charge in [-0.2, -0.15) is 4.31 Å². The highest BCUT2D eigenvalue weighted by Crippen LogP contribution is 2.34. The van der Waals surface area contributed by atoms with E-state index in [9.17, 15) is 17.6 Å². The number of carbonyl (C=O) groups is 1. The summed E-state index contributed by atoms with van der Waals surface area (Å²) in [6, 6.07) is 13.5. The van der Waals surface area contributed by atoms with Crippen molar-refractivity contribution in [1.82, 2.24) is 9.21 Å². The van der Waals surface area contributed by atoms with Crippen LogP contribution in [0.1, 0.15) is 30.3 Å². The molecule has 4 rings (SSSR count). The van der Waals surface area contributed by atoms with Gasteiger partial charge < -0.3 is 14.4 Å². The van der Waals surface area contributed by atoms with Crippen LogP contribution in [0.5, 0.6) is 11.5 Å². The number of sulfonamides is 1. The SMILES string of the molecule is COc1ccc(S(=O)(=O)N(CC(=O)N2CCc3sccc3C2COc2ccc(F)cc2)CC(C)C)cc1. The van der Waals surface area contributed by atoms with Gasteiger partial charge >= 0.3 is 0 Å². The number of fused-ring (bicyclic) bond motifs is 1. The fraction of sp³-hybridized carbons (Fsp3) is 0.370. The van der Waals surface area contributed by atoms with E-state index in [1.807, 2.05) is 25.3 Å². The number of nitrogens with zero attached hydrogens (tertiary/aromatic N) is 2. The average Bonchev–Trinajstić information content (AvgIpc) is 3.37. The van der Waals surface area contributed by atoms with Crippen LogP contribution in [-0.2, 0) is 21.2 Å². The van der Waals surface area contributed by atoms with Gasteiger partial charge in [0.15, 0.2) is 0 Å². The Kier molecular flexibility index (Phi) is 8.51. The molecule has 2 heterocycles. The molecule has 1 aliphatic heterocycles. The Bertz CT molecular complexity index is 1310. The number of hydrogen-bond donors (Lipinski definition) is 0. The molecule has 0 spiro atoms. The van der Waals surface area contributed by atoms with Gasteiger partial charge in [-0.3, -0.25) is 4.79 Å². The summed E-state index contributed by atoms with van der Waals surface area (Å²) < 4.78 is 52.7. The minimum Gasteiger partial charge on any atom is -0.497 e. The molecule has 0 saturated heterocycles. The minimum atomic E-state index is -3.92. The van der Waals surface area contributed by atoms with E-state index >= 15 is 0 Å². The quantitative estimate of drug-likeness (QED) is 0.367. The standard InChI is InChI=1S/C27H31FN2O5S2/c1-19(2)16-29(37(32,33)23-10-8-21(34-3)9-11-23)17-27(31)30-14-12-26-24(13-15-36-26)25(30)18-35-22-6-4-20(28)5-7-22/h4-11,13,15,19,25H,12,14,16-18H2,1-3H3. The summed E-state index contributed by atoms with van der Waals surface area (Å²) in [4.78, 5) is 16.7. The van der Waals surface area contributed by atoms with Crippen molar-refractivity contribution in [1.29, 1.82) is 0 Å². The molecule has 0 aliphatic carbocycles. The van der Waals surface area contributed by atoms with Crippen LogP contribution in [0.15, 0.2) is 64.9 Å². The van der Waals surface area contributed by atoms with Crippen molar-refractivity contribution >= 4 is 27.3 Å². The number of thiophene rings is 1. The molecule has 1 aromatic heterocycles. The van der Waals surface area contributed by atoms with E-state index in [2.05, 4.69) is 0 Å². The molecule has 1 unspecified atom stereocenters. The van der Waals surface area contributed by atoms with E-state index in [1.54, 1.807) is 40.5 Å². The van der Waals surface area contributed by atoms with Gasteiger partial charge in [0.05, 0.1) is 24.6 Å². The van der Waals surface area contributed by atoms with Gasteiger partial charge in [-0.25, -0.2) is 12.8 Å². The molecular formula is C27H31FN2O5S2. The van der Waals surface area contributed by atoms with Crippen molar-refractivity contribution in [3.63, 3.8) is 0 Å². The lowest BCUT2D eigenvalue weighted by Crippen LogP contribution is -2.48. The largest absolute Gasteiger partial charge is 0.497 e. The van der Waals surface area contributed by atoms with Crippen LogP contribution < -0.4 is 9.47 Å². The summed E-state index contributed by atoms with van der Waals surface area (Å²) in [6.45, 7) is 4.39. The molecule has 0 bridgehead atoms. The highest BCUT2D eigenvalue weighted by atomic mass is 32.2. The zero-order valence-corrected chi connectivity index (χ0v) is 22.7. The van der Waals surface area contributed by atoms with Crippen LogP contribution in [0, 0.1) is 11.7 Å². The lowest BCUT2D eigenvalue weighted by molar-refractivity contribution is -0.135. The smallest absolute Gasteiger partial charge is 0.243 e. The van der Waals surface area contributed by atoms with E-state index in [0.717, 1.165) is 5.56 Å². The van der Waals surface area contributed by atoms with Gasteiger partial charge in [0.25, 0.3) is 0 Å². The van der Waals surface area contributed by atoms with Crippen LogP contribution in [-0.4, -0.2) is 56.9 Å². The third kappa shape index (κ3) is 6.31. The van der Waals surface area contributed by atoms with E-state index in [4.69, 9.17) is 9.47 Å². The summed E-state index contributed by atoms with van der Waals surface area (Å²) in [6.07, 6.45) is 0.696. The highest BCUT2D eigenvalue weighted by molar-refractivity contribution is 7.89. The Labute approximate surface area is 221 Å². The number of carbonyl (C=O) groups excluding carboxylic acids is 1. The molecule has 10 heteroatoms. The summed E-state index contributed by atoms with van der Waals surface area (Å²) in [5, 5.41) is 1.99. The number of halogens is 1. The number of rotatable bonds is 10. The van der Waals surface area contributed by atoms with Gasteiger partial charge in [-0.05, 0) is 77.9 Å². The lowest BCUT2D eigenvalue weighted by Gasteiger charge is -2.37. The van der Waals surface area contributed by atoms with Crippen molar-refractivity contribution in [2.45, 2.75) is 31.2 Å². The maximum Gasteiger partial charge on any atom is 0.243 e. The van der Waals surface area contributed by atoms with Gasteiger partial charge in [0, 0.05) is 18.0 Å². The lowest BCUT2D eigenvalue weighted by atomic mass is 10.0. The Morgan fingerprint density at radius 2 is 1.78 bits per heavy atom. The molecule has 0 N–H and O–H groups in total. The Morgan fingerprint density at radius 3 is 2.43 bits per heavy atom. The highest BCUT2D eigenvalue weighted by Gasteiger charge is 2.35. The van der Waals surface area contributed by atoms with Crippen molar-refractivity contribution < 1.29 is 27.1 Å². The minimum absolute atomic E-state index is 0.0169. The van der Waals surface area contributed by atoms with E-state index in [1.165, 1.54) is 40.6 Å². The fourth-order valence-corrected chi connectivity index (χ4v) is 6.86. The van der Waals surface area contributed by atoms with E-state index < -0.39 is 10.0 Å². The predicted molar refractivity (Wildman–Crippen MR) is 141 cm³/mol. The van der Waals surface area contributed by atoms with Gasteiger partial charge in [-0.1, -0.05) is 13.8 Å². The second-order valence-corrected chi connectivity index (χ2v) is 12.2. The maximum atomic E-state index is 13.7. The van der Waals surface area contributed by atoms with Gasteiger partial charge in [0.2, 0.25) is 15.9 Å². The van der Waals surface area contributed by atoms with Gasteiger partial charge in [0.1, 0.15) is 23.9 Å². The third-order valence-electron chi connectivity index (χ3n) is 6.21. The summed E-state index contributed by atoms with van der Waals surface area (Å²) in [7, 11) is -2.40. The second-order valence-electron chi connectivity index (χ2n) is 9.28. The first-order valence-electron chi connectivity index (χ1n) is 12.1. The molecule has 1 atom stereocenters. The van der Waals surface area contributed by atoms with Crippen LogP contribution in [0.25, 0.3) is 0 Å². The van der Waals surface area contributed by atoms with Crippen molar-refractivity contribution in [2.75, 3.05) is 33.4 Å². The monoisotopic (exact) mass is 546 g/mol. The molecule has 1 aliphatic rings. The Hall–Kier alpha value is -2.95. The van der Waals surface area contributed by atoms with Crippen LogP contribution in [0.4, 0.5) is 4.39 Å². The molecule has 2 aromatic carbocycles. The van der Waals surface area contributed by atoms with E-state index in [0.29, 0.717) is 24.5 Å². The second kappa shape index (κ2) is 11.6. The molecule has 37 heavy (non-hydrogen) atoms. The van der Waals surface area contributed by atoms with Crippen molar-refractivity contribution in [3.05, 3.63) is 76.2 Å². The summed E-state index contributed by atoms with van der Waals surface area (Å²) in [5.41, 5.74) is 1.00. The first-order valence-corrected chi connectivity index (χ1v) is 14.4. The molecule has 198 valence electrons. The Balaban J connectivity index is 1.56. The molecule has 3 aromatic rings. The van der Waals surface area contributed by atoms with Crippen molar-refractivity contribution in [3.8, 4) is 11.5 Å². The number of methoxy groups -OCH3 is 1. The first kappa shape index (κ1) is 27.1. The maximum absolute atomic E-state index is 13.7. The zero-order chi connectivity index (χ0) is 26.6. The fourth-order valence-electron chi connectivity index (χ4n) is 4.37. The number of hydrogen-bond acceptors (Lipinski definition) is 6. The third-order valence-corrected chi connectivity index (χ3v) is 9.04. The average molecular weight is 547 g/mol. The van der Waals surface area contributed by atoms with Crippen molar-refractivity contribution in [2.24, 2.45) is 5.92 Å².